The highest BCUT2D eigenvalue weighted by Crippen LogP contribution is 2.31. The summed E-state index contributed by atoms with van der Waals surface area (Å²) in [6.45, 7) is 0.363. The number of para-hydroxylation sites is 1. The molecule has 0 radical (unpaired) electrons. The second kappa shape index (κ2) is 7.08. The summed E-state index contributed by atoms with van der Waals surface area (Å²) in [6.07, 6.45) is 0. The van der Waals surface area contributed by atoms with Gasteiger partial charge >= 0.3 is 5.97 Å². The second-order valence-corrected chi connectivity index (χ2v) is 5.27. The summed E-state index contributed by atoms with van der Waals surface area (Å²) in [4.78, 5) is 11.4. The van der Waals surface area contributed by atoms with Crippen molar-refractivity contribution in [3.63, 3.8) is 0 Å². The number of carboxylic acid groups (broad SMARTS) is 1. The Morgan fingerprint density at radius 1 is 1.19 bits per heavy atom. The lowest BCUT2D eigenvalue weighted by atomic mass is 10.1. The molecule has 0 aliphatic rings. The summed E-state index contributed by atoms with van der Waals surface area (Å²) in [5.41, 5.74) is 1.57. The standard InChI is InChI=1S/C15H13F2NO2S/c16-15(17)21-13-7-2-1-6-12(13)18-9-10-4-3-5-11(8-10)14(19)20/h1-8,15,18H,9H2,(H,19,20). The molecule has 0 unspecified atom stereocenters. The van der Waals surface area contributed by atoms with E-state index in [1.54, 1.807) is 42.5 Å². The minimum Gasteiger partial charge on any atom is -0.478 e. The van der Waals surface area contributed by atoms with Crippen molar-refractivity contribution in [3.05, 3.63) is 59.7 Å². The number of carbonyl (C=O) groups is 1. The van der Waals surface area contributed by atoms with Gasteiger partial charge in [-0.15, -0.1) is 0 Å². The molecule has 0 bridgehead atoms. The van der Waals surface area contributed by atoms with Crippen LogP contribution in [0.2, 0.25) is 0 Å². The van der Waals surface area contributed by atoms with Gasteiger partial charge in [0, 0.05) is 17.1 Å². The number of rotatable bonds is 6. The SMILES string of the molecule is O=C(O)c1cccc(CNc2ccccc2SC(F)F)c1. The number of anilines is 1. The van der Waals surface area contributed by atoms with E-state index in [1.807, 2.05) is 0 Å². The number of carboxylic acids is 1. The number of aromatic carboxylic acids is 1. The summed E-state index contributed by atoms with van der Waals surface area (Å²) in [5.74, 6) is -3.48. The molecule has 0 atom stereocenters. The molecule has 110 valence electrons. The number of nitrogens with one attached hydrogen (secondary N) is 1. The topological polar surface area (TPSA) is 49.3 Å². The van der Waals surface area contributed by atoms with Crippen molar-refractivity contribution >= 4 is 23.4 Å². The first-order valence-electron chi connectivity index (χ1n) is 6.16. The van der Waals surface area contributed by atoms with Gasteiger partial charge in [0.05, 0.1) is 5.56 Å². The summed E-state index contributed by atoms with van der Waals surface area (Å²) in [6, 6.07) is 13.3. The van der Waals surface area contributed by atoms with Gasteiger partial charge in [0.2, 0.25) is 0 Å². The number of halogens is 2. The van der Waals surface area contributed by atoms with Crippen LogP contribution >= 0.6 is 11.8 Å². The molecule has 2 aromatic carbocycles. The predicted octanol–water partition coefficient (Wildman–Crippen LogP) is 4.31. The number of hydrogen-bond donors (Lipinski definition) is 2. The average molecular weight is 309 g/mol. The zero-order chi connectivity index (χ0) is 15.2. The maximum atomic E-state index is 12.5. The molecule has 0 aliphatic heterocycles. The fourth-order valence-electron chi connectivity index (χ4n) is 1.82. The van der Waals surface area contributed by atoms with Gasteiger partial charge in [-0.2, -0.15) is 8.78 Å². The molecular formula is C15H13F2NO2S. The second-order valence-electron chi connectivity index (χ2n) is 4.23. The molecule has 0 saturated carbocycles. The molecule has 0 aromatic heterocycles. The molecule has 0 saturated heterocycles. The number of hydrogen-bond acceptors (Lipinski definition) is 3. The fraction of sp³-hybridized carbons (Fsp3) is 0.133. The van der Waals surface area contributed by atoms with Crippen molar-refractivity contribution in [2.24, 2.45) is 0 Å². The third kappa shape index (κ3) is 4.46. The summed E-state index contributed by atoms with van der Waals surface area (Å²) >= 11 is 0.478. The van der Waals surface area contributed by atoms with E-state index in [9.17, 15) is 13.6 Å². The normalized spacial score (nSPS) is 10.6. The molecule has 0 aliphatic carbocycles. The first kappa shape index (κ1) is 15.3. The van der Waals surface area contributed by atoms with Gasteiger partial charge in [-0.05, 0) is 29.8 Å². The zero-order valence-corrected chi connectivity index (χ0v) is 11.7. The molecule has 0 heterocycles. The summed E-state index contributed by atoms with van der Waals surface area (Å²) < 4.78 is 25.0. The van der Waals surface area contributed by atoms with Crippen molar-refractivity contribution in [2.45, 2.75) is 17.2 Å². The highest BCUT2D eigenvalue weighted by molar-refractivity contribution is 7.99. The van der Waals surface area contributed by atoms with Crippen molar-refractivity contribution < 1.29 is 18.7 Å². The Kier molecular flexibility index (Phi) is 5.16. The van der Waals surface area contributed by atoms with E-state index in [0.717, 1.165) is 5.56 Å². The van der Waals surface area contributed by atoms with Gasteiger partial charge < -0.3 is 10.4 Å². The van der Waals surface area contributed by atoms with E-state index in [0.29, 0.717) is 28.9 Å². The lowest BCUT2D eigenvalue weighted by molar-refractivity contribution is 0.0696. The van der Waals surface area contributed by atoms with Gasteiger partial charge in [0.25, 0.3) is 5.76 Å². The van der Waals surface area contributed by atoms with Crippen LogP contribution in [0.3, 0.4) is 0 Å². The quantitative estimate of drug-likeness (QED) is 0.781. The van der Waals surface area contributed by atoms with Crippen LogP contribution in [-0.2, 0) is 6.54 Å². The van der Waals surface area contributed by atoms with Crippen LogP contribution in [-0.4, -0.2) is 16.8 Å². The largest absolute Gasteiger partial charge is 0.478 e. The third-order valence-corrected chi connectivity index (χ3v) is 3.55. The van der Waals surface area contributed by atoms with Crippen molar-refractivity contribution in [2.75, 3.05) is 5.32 Å². The zero-order valence-electron chi connectivity index (χ0n) is 10.9. The smallest absolute Gasteiger partial charge is 0.335 e. The molecule has 2 aromatic rings. The Morgan fingerprint density at radius 3 is 2.67 bits per heavy atom. The number of benzene rings is 2. The monoisotopic (exact) mass is 309 g/mol. The van der Waals surface area contributed by atoms with E-state index in [1.165, 1.54) is 6.07 Å². The maximum absolute atomic E-state index is 12.5. The molecule has 6 heteroatoms. The Bertz CT molecular complexity index is 635. The van der Waals surface area contributed by atoms with E-state index in [-0.39, 0.29) is 5.56 Å². The molecule has 21 heavy (non-hydrogen) atoms. The molecular weight excluding hydrogens is 296 g/mol. The van der Waals surface area contributed by atoms with E-state index >= 15 is 0 Å². The Hall–Kier alpha value is -2.08. The van der Waals surface area contributed by atoms with Crippen LogP contribution < -0.4 is 5.32 Å². The highest BCUT2D eigenvalue weighted by atomic mass is 32.2. The first-order chi connectivity index (χ1) is 10.1. The molecule has 0 amide bonds. The van der Waals surface area contributed by atoms with Crippen molar-refractivity contribution in [3.8, 4) is 0 Å². The van der Waals surface area contributed by atoms with Crippen molar-refractivity contribution in [1.82, 2.24) is 0 Å². The van der Waals surface area contributed by atoms with Gasteiger partial charge in [-0.1, -0.05) is 36.0 Å². The van der Waals surface area contributed by atoms with E-state index in [4.69, 9.17) is 5.11 Å². The maximum Gasteiger partial charge on any atom is 0.335 e. The first-order valence-corrected chi connectivity index (χ1v) is 7.04. The van der Waals surface area contributed by atoms with Crippen LogP contribution in [0.4, 0.5) is 14.5 Å². The van der Waals surface area contributed by atoms with Crippen LogP contribution in [0, 0.1) is 0 Å². The molecule has 2 N–H and O–H groups in total. The predicted molar refractivity (Wildman–Crippen MR) is 79.0 cm³/mol. The Labute approximate surface area is 125 Å². The average Bonchev–Trinajstić information content (AvgIpc) is 2.46. The summed E-state index contributed by atoms with van der Waals surface area (Å²) in [5, 5.41) is 12.0. The molecule has 0 fully saturated rings. The third-order valence-electron chi connectivity index (χ3n) is 2.76. The van der Waals surface area contributed by atoms with Crippen LogP contribution in [0.1, 0.15) is 15.9 Å². The lowest BCUT2D eigenvalue weighted by Gasteiger charge is -2.11. The number of thioether (sulfide) groups is 1. The lowest BCUT2D eigenvalue weighted by Crippen LogP contribution is -2.03. The van der Waals surface area contributed by atoms with Gasteiger partial charge in [0.15, 0.2) is 0 Å². The number of alkyl halides is 2. The fourth-order valence-corrected chi connectivity index (χ4v) is 2.44. The molecule has 3 nitrogen and oxygen atoms in total. The summed E-state index contributed by atoms with van der Waals surface area (Å²) in [7, 11) is 0. The molecule has 0 spiro atoms. The Morgan fingerprint density at radius 2 is 1.95 bits per heavy atom. The van der Waals surface area contributed by atoms with Gasteiger partial charge in [-0.25, -0.2) is 4.79 Å². The highest BCUT2D eigenvalue weighted by Gasteiger charge is 2.09. The van der Waals surface area contributed by atoms with E-state index in [2.05, 4.69) is 5.32 Å². The van der Waals surface area contributed by atoms with Crippen LogP contribution in [0.25, 0.3) is 0 Å². The van der Waals surface area contributed by atoms with Gasteiger partial charge in [0.1, 0.15) is 0 Å². The minimum atomic E-state index is -2.48. The molecule has 2 rings (SSSR count). The Balaban J connectivity index is 2.09. The van der Waals surface area contributed by atoms with E-state index < -0.39 is 11.7 Å². The van der Waals surface area contributed by atoms with Crippen molar-refractivity contribution in [1.29, 1.82) is 0 Å². The minimum absolute atomic E-state index is 0.199. The van der Waals surface area contributed by atoms with Gasteiger partial charge in [-0.3, -0.25) is 0 Å². The van der Waals surface area contributed by atoms with Crippen LogP contribution in [0.15, 0.2) is 53.4 Å². The van der Waals surface area contributed by atoms with Crippen LogP contribution in [0.5, 0.6) is 0 Å².